The van der Waals surface area contributed by atoms with Crippen molar-refractivity contribution in [1.82, 2.24) is 9.97 Å². The maximum absolute atomic E-state index is 12.1. The topological polar surface area (TPSA) is 89.0 Å². The van der Waals surface area contributed by atoms with E-state index in [9.17, 15) is 4.79 Å². The number of carbonyl (C=O) groups is 1. The third-order valence-electron chi connectivity index (χ3n) is 3.98. The second-order valence-electron chi connectivity index (χ2n) is 6.16. The molecule has 1 atom stereocenters. The number of carbonyl (C=O) groups excluding carboxylic acids is 1. The molecule has 1 heterocycles. The predicted molar refractivity (Wildman–Crippen MR) is 108 cm³/mol. The molecule has 0 N–H and O–H groups in total. The van der Waals surface area contributed by atoms with Crippen LogP contribution in [0, 0.1) is 0 Å². The Morgan fingerprint density at radius 2 is 1.50 bits per heavy atom. The fraction of sp³-hybridized carbons (Fsp3) is 0.227. The number of methoxy groups -OCH3 is 2. The van der Waals surface area contributed by atoms with Crippen molar-refractivity contribution in [3.05, 3.63) is 66.2 Å². The molecule has 0 saturated carbocycles. The first-order valence-electron chi connectivity index (χ1n) is 9.19. The summed E-state index contributed by atoms with van der Waals surface area (Å²) in [4.78, 5) is 20.4. The van der Waals surface area contributed by atoms with Gasteiger partial charge < -0.3 is 23.7 Å². The summed E-state index contributed by atoms with van der Waals surface area (Å²) in [6.07, 6.45) is -0.758. The number of benzene rings is 2. The Balaban J connectivity index is 1.55. The van der Waals surface area contributed by atoms with E-state index < -0.39 is 12.1 Å². The van der Waals surface area contributed by atoms with Crippen molar-refractivity contribution in [2.45, 2.75) is 19.6 Å². The lowest BCUT2D eigenvalue weighted by molar-refractivity contribution is -0.152. The first kappa shape index (κ1) is 20.9. The minimum Gasteiger partial charge on any atom is -0.481 e. The molecule has 0 unspecified atom stereocenters. The Morgan fingerprint density at radius 3 is 2.10 bits per heavy atom. The van der Waals surface area contributed by atoms with Gasteiger partial charge in [0.15, 0.2) is 6.10 Å². The molecule has 1 aromatic heterocycles. The lowest BCUT2D eigenvalue weighted by Crippen LogP contribution is -2.26. The molecule has 30 heavy (non-hydrogen) atoms. The predicted octanol–water partition coefficient (Wildman–Crippen LogP) is 3.80. The van der Waals surface area contributed by atoms with Crippen LogP contribution in [0.3, 0.4) is 0 Å². The summed E-state index contributed by atoms with van der Waals surface area (Å²) >= 11 is 0. The minimum absolute atomic E-state index is 0.0812. The fourth-order valence-corrected chi connectivity index (χ4v) is 2.43. The molecule has 8 heteroatoms. The Kier molecular flexibility index (Phi) is 7.05. The molecule has 0 bridgehead atoms. The lowest BCUT2D eigenvalue weighted by atomic mass is 10.2. The summed E-state index contributed by atoms with van der Waals surface area (Å²) in [7, 11) is 2.98. The summed E-state index contributed by atoms with van der Waals surface area (Å²) < 4.78 is 26.7. The molecule has 0 radical (unpaired) electrons. The highest BCUT2D eigenvalue weighted by Gasteiger charge is 2.16. The van der Waals surface area contributed by atoms with Gasteiger partial charge in [0.25, 0.3) is 0 Å². The summed E-state index contributed by atoms with van der Waals surface area (Å²) in [5.74, 6) is 1.17. The van der Waals surface area contributed by atoms with Crippen LogP contribution in [-0.2, 0) is 16.1 Å². The molecule has 3 aromatic rings. The standard InChI is InChI=1S/C22H22N2O6/c1-15(21(25)28-14-16-7-5-4-6-8-16)29-17-9-11-18(12-10-17)30-22-23-19(26-2)13-20(24-22)27-3/h4-13,15H,14H2,1-3H3/t15-/m1/s1. The van der Waals surface area contributed by atoms with Gasteiger partial charge in [0, 0.05) is 0 Å². The van der Waals surface area contributed by atoms with Crippen LogP contribution in [-0.4, -0.2) is 36.3 Å². The quantitative estimate of drug-likeness (QED) is 0.492. The lowest BCUT2D eigenvalue weighted by Gasteiger charge is -2.14. The Hall–Kier alpha value is -3.81. The molecule has 156 valence electrons. The van der Waals surface area contributed by atoms with E-state index in [0.29, 0.717) is 23.3 Å². The Bertz CT molecular complexity index is 941. The van der Waals surface area contributed by atoms with E-state index in [1.807, 2.05) is 30.3 Å². The fourth-order valence-electron chi connectivity index (χ4n) is 2.43. The number of aromatic nitrogens is 2. The van der Waals surface area contributed by atoms with Crippen LogP contribution in [0.25, 0.3) is 0 Å². The first-order valence-corrected chi connectivity index (χ1v) is 9.19. The molecular formula is C22H22N2O6. The van der Waals surface area contributed by atoms with Gasteiger partial charge >= 0.3 is 12.0 Å². The van der Waals surface area contributed by atoms with Gasteiger partial charge in [0.05, 0.1) is 20.3 Å². The van der Waals surface area contributed by atoms with Crippen LogP contribution < -0.4 is 18.9 Å². The normalized spacial score (nSPS) is 11.3. The van der Waals surface area contributed by atoms with Crippen molar-refractivity contribution in [3.63, 3.8) is 0 Å². The van der Waals surface area contributed by atoms with E-state index in [2.05, 4.69) is 9.97 Å². The molecule has 8 nitrogen and oxygen atoms in total. The third-order valence-corrected chi connectivity index (χ3v) is 3.98. The summed E-state index contributed by atoms with van der Waals surface area (Å²) in [6.45, 7) is 1.83. The van der Waals surface area contributed by atoms with Crippen LogP contribution in [0.4, 0.5) is 0 Å². The van der Waals surface area contributed by atoms with Crippen molar-refractivity contribution >= 4 is 5.97 Å². The van der Waals surface area contributed by atoms with E-state index in [1.54, 1.807) is 37.3 Å². The van der Waals surface area contributed by atoms with Gasteiger partial charge in [-0.3, -0.25) is 0 Å². The van der Waals surface area contributed by atoms with Gasteiger partial charge in [-0.1, -0.05) is 30.3 Å². The van der Waals surface area contributed by atoms with Crippen LogP contribution >= 0.6 is 0 Å². The molecule has 0 aliphatic rings. The zero-order chi connectivity index (χ0) is 21.3. The molecule has 3 rings (SSSR count). The summed E-state index contributed by atoms with van der Waals surface area (Å²) in [6, 6.07) is 17.8. The van der Waals surface area contributed by atoms with Crippen molar-refractivity contribution < 1.29 is 28.5 Å². The Morgan fingerprint density at radius 1 is 0.900 bits per heavy atom. The van der Waals surface area contributed by atoms with Gasteiger partial charge in [-0.2, -0.15) is 9.97 Å². The molecule has 2 aromatic carbocycles. The largest absolute Gasteiger partial charge is 0.481 e. The van der Waals surface area contributed by atoms with Crippen LogP contribution in [0.5, 0.6) is 29.3 Å². The molecule has 0 aliphatic heterocycles. The number of esters is 1. The highest BCUT2D eigenvalue weighted by molar-refractivity contribution is 5.74. The number of hydrogen-bond donors (Lipinski definition) is 0. The van der Waals surface area contributed by atoms with Gasteiger partial charge in [0.2, 0.25) is 11.8 Å². The SMILES string of the molecule is COc1cc(OC)nc(Oc2ccc(O[C@H](C)C(=O)OCc3ccccc3)cc2)n1. The average molecular weight is 410 g/mol. The number of ether oxygens (including phenoxy) is 5. The van der Waals surface area contributed by atoms with Gasteiger partial charge in [-0.25, -0.2) is 4.79 Å². The second kappa shape index (κ2) is 10.1. The monoisotopic (exact) mass is 410 g/mol. The maximum Gasteiger partial charge on any atom is 0.347 e. The van der Waals surface area contributed by atoms with E-state index in [0.717, 1.165) is 5.56 Å². The van der Waals surface area contributed by atoms with Crippen LogP contribution in [0.15, 0.2) is 60.7 Å². The summed E-state index contributed by atoms with van der Waals surface area (Å²) in [5.41, 5.74) is 0.913. The van der Waals surface area contributed by atoms with E-state index in [-0.39, 0.29) is 12.6 Å². The van der Waals surface area contributed by atoms with E-state index in [4.69, 9.17) is 23.7 Å². The van der Waals surface area contributed by atoms with Gasteiger partial charge in [-0.15, -0.1) is 0 Å². The molecule has 0 saturated heterocycles. The van der Waals surface area contributed by atoms with E-state index >= 15 is 0 Å². The summed E-state index contributed by atoms with van der Waals surface area (Å²) in [5, 5.41) is 0. The van der Waals surface area contributed by atoms with Crippen molar-refractivity contribution in [2.75, 3.05) is 14.2 Å². The number of nitrogens with zero attached hydrogens (tertiary/aromatic N) is 2. The number of hydrogen-bond acceptors (Lipinski definition) is 8. The zero-order valence-corrected chi connectivity index (χ0v) is 16.9. The minimum atomic E-state index is -0.758. The van der Waals surface area contributed by atoms with Gasteiger partial charge in [0.1, 0.15) is 18.1 Å². The number of rotatable bonds is 9. The van der Waals surface area contributed by atoms with E-state index in [1.165, 1.54) is 14.2 Å². The second-order valence-corrected chi connectivity index (χ2v) is 6.16. The molecule has 0 amide bonds. The van der Waals surface area contributed by atoms with Crippen molar-refractivity contribution in [1.29, 1.82) is 0 Å². The van der Waals surface area contributed by atoms with Crippen LogP contribution in [0.1, 0.15) is 12.5 Å². The van der Waals surface area contributed by atoms with Crippen LogP contribution in [0.2, 0.25) is 0 Å². The smallest absolute Gasteiger partial charge is 0.347 e. The zero-order valence-electron chi connectivity index (χ0n) is 16.9. The molecular weight excluding hydrogens is 388 g/mol. The molecule has 0 fully saturated rings. The highest BCUT2D eigenvalue weighted by atomic mass is 16.6. The molecule has 0 spiro atoms. The van der Waals surface area contributed by atoms with Crippen molar-refractivity contribution in [2.24, 2.45) is 0 Å². The Labute approximate surface area is 174 Å². The molecule has 0 aliphatic carbocycles. The van der Waals surface area contributed by atoms with Crippen molar-refractivity contribution in [3.8, 4) is 29.3 Å². The third kappa shape index (κ3) is 5.84. The van der Waals surface area contributed by atoms with Gasteiger partial charge in [-0.05, 0) is 36.8 Å². The maximum atomic E-state index is 12.1. The first-order chi connectivity index (χ1) is 14.6. The average Bonchev–Trinajstić information content (AvgIpc) is 2.79. The highest BCUT2D eigenvalue weighted by Crippen LogP contribution is 2.25.